The molecule has 1 rings (SSSR count). The molecule has 0 aliphatic rings. The van der Waals surface area contributed by atoms with Gasteiger partial charge in [-0.2, -0.15) is 0 Å². The SMILES string of the molecule is CC(N)c1ncc(Cl)cc1[N+](=O)[O-]. The first-order valence-corrected chi connectivity index (χ1v) is 3.95. The average Bonchev–Trinajstić information content (AvgIpc) is 2.03. The summed E-state index contributed by atoms with van der Waals surface area (Å²) in [6.45, 7) is 1.63. The second kappa shape index (κ2) is 3.68. The minimum absolute atomic E-state index is 0.137. The molecule has 1 unspecified atom stereocenters. The van der Waals surface area contributed by atoms with Crippen molar-refractivity contribution in [2.24, 2.45) is 5.73 Å². The normalized spacial score (nSPS) is 12.5. The molecule has 0 spiro atoms. The molecule has 1 aromatic heterocycles. The lowest BCUT2D eigenvalue weighted by molar-refractivity contribution is -0.386. The number of halogens is 1. The minimum atomic E-state index is -0.544. The number of aromatic nitrogens is 1. The molecule has 1 atom stereocenters. The zero-order chi connectivity index (χ0) is 10.0. The molecule has 0 aliphatic heterocycles. The van der Waals surface area contributed by atoms with Crippen LogP contribution < -0.4 is 5.73 Å². The molecule has 70 valence electrons. The highest BCUT2D eigenvalue weighted by atomic mass is 35.5. The fraction of sp³-hybridized carbons (Fsp3) is 0.286. The van der Waals surface area contributed by atoms with Crippen LogP contribution in [0.2, 0.25) is 5.02 Å². The molecule has 0 radical (unpaired) electrons. The Morgan fingerprint density at radius 1 is 1.77 bits per heavy atom. The van der Waals surface area contributed by atoms with Gasteiger partial charge in [0, 0.05) is 12.3 Å². The summed E-state index contributed by atoms with van der Waals surface area (Å²) in [7, 11) is 0. The van der Waals surface area contributed by atoms with E-state index in [1.165, 1.54) is 12.3 Å². The molecule has 0 amide bonds. The lowest BCUT2D eigenvalue weighted by Gasteiger charge is -2.04. The van der Waals surface area contributed by atoms with Crippen molar-refractivity contribution in [3.63, 3.8) is 0 Å². The standard InChI is InChI=1S/C7H8ClN3O2/c1-4(9)7-6(11(12)13)2-5(8)3-10-7/h2-4H,9H2,1H3. The first kappa shape index (κ1) is 9.88. The summed E-state index contributed by atoms with van der Waals surface area (Å²) in [5.74, 6) is 0. The smallest absolute Gasteiger partial charge is 0.293 e. The first-order valence-electron chi connectivity index (χ1n) is 3.57. The van der Waals surface area contributed by atoms with Gasteiger partial charge in [-0.15, -0.1) is 0 Å². The van der Waals surface area contributed by atoms with Gasteiger partial charge in [0.15, 0.2) is 0 Å². The largest absolute Gasteiger partial charge is 0.323 e. The number of rotatable bonds is 2. The third-order valence-electron chi connectivity index (χ3n) is 1.49. The Hall–Kier alpha value is -1.20. The summed E-state index contributed by atoms with van der Waals surface area (Å²) in [6.07, 6.45) is 1.34. The van der Waals surface area contributed by atoms with E-state index in [0.29, 0.717) is 0 Å². The Bertz CT molecular complexity index is 341. The summed E-state index contributed by atoms with van der Waals surface area (Å²) in [6, 6.07) is 0.769. The van der Waals surface area contributed by atoms with Gasteiger partial charge in [-0.25, -0.2) is 0 Å². The van der Waals surface area contributed by atoms with Crippen molar-refractivity contribution in [3.8, 4) is 0 Å². The second-order valence-electron chi connectivity index (χ2n) is 2.60. The van der Waals surface area contributed by atoms with Gasteiger partial charge in [-0.3, -0.25) is 15.1 Å². The summed E-state index contributed by atoms with van der Waals surface area (Å²) in [5, 5.41) is 10.8. The first-order chi connectivity index (χ1) is 6.02. The molecule has 0 saturated heterocycles. The van der Waals surface area contributed by atoms with E-state index in [1.807, 2.05) is 0 Å². The van der Waals surface area contributed by atoms with Crippen molar-refractivity contribution in [2.45, 2.75) is 13.0 Å². The maximum Gasteiger partial charge on any atom is 0.293 e. The van der Waals surface area contributed by atoms with E-state index in [1.54, 1.807) is 6.92 Å². The van der Waals surface area contributed by atoms with Crippen molar-refractivity contribution < 1.29 is 4.92 Å². The van der Waals surface area contributed by atoms with Crippen LogP contribution in [0.3, 0.4) is 0 Å². The molecular weight excluding hydrogens is 194 g/mol. The zero-order valence-corrected chi connectivity index (χ0v) is 7.65. The Balaban J connectivity index is 3.27. The lowest BCUT2D eigenvalue weighted by atomic mass is 10.2. The van der Waals surface area contributed by atoms with Gasteiger partial charge < -0.3 is 5.73 Å². The predicted molar refractivity (Wildman–Crippen MR) is 48.5 cm³/mol. The highest BCUT2D eigenvalue weighted by molar-refractivity contribution is 6.30. The van der Waals surface area contributed by atoms with Crippen LogP contribution in [0.4, 0.5) is 5.69 Å². The molecule has 13 heavy (non-hydrogen) atoms. The summed E-state index contributed by atoms with van der Waals surface area (Å²) >= 11 is 5.56. The van der Waals surface area contributed by atoms with Crippen LogP contribution >= 0.6 is 11.6 Å². The number of nitrogens with two attached hydrogens (primary N) is 1. The van der Waals surface area contributed by atoms with Gasteiger partial charge in [0.2, 0.25) is 0 Å². The average molecular weight is 202 g/mol. The lowest BCUT2D eigenvalue weighted by Crippen LogP contribution is -2.10. The molecule has 0 bridgehead atoms. The fourth-order valence-corrected chi connectivity index (χ4v) is 1.09. The third-order valence-corrected chi connectivity index (χ3v) is 1.70. The maximum absolute atomic E-state index is 10.5. The van der Waals surface area contributed by atoms with Crippen LogP contribution in [0.15, 0.2) is 12.3 Å². The van der Waals surface area contributed by atoms with Crippen molar-refractivity contribution in [1.29, 1.82) is 0 Å². The van der Waals surface area contributed by atoms with Crippen LogP contribution in [0.1, 0.15) is 18.7 Å². The minimum Gasteiger partial charge on any atom is -0.323 e. The zero-order valence-electron chi connectivity index (χ0n) is 6.90. The van der Waals surface area contributed by atoms with Gasteiger partial charge in [-0.05, 0) is 6.92 Å². The fourth-order valence-electron chi connectivity index (χ4n) is 0.936. The Kier molecular flexibility index (Phi) is 2.79. The van der Waals surface area contributed by atoms with E-state index in [0.717, 1.165) is 0 Å². The van der Waals surface area contributed by atoms with Gasteiger partial charge >= 0.3 is 0 Å². The molecular formula is C7H8ClN3O2. The summed E-state index contributed by atoms with van der Waals surface area (Å²) < 4.78 is 0. The Morgan fingerprint density at radius 3 is 2.85 bits per heavy atom. The molecule has 0 aliphatic carbocycles. The van der Waals surface area contributed by atoms with Crippen molar-refractivity contribution >= 4 is 17.3 Å². The number of pyridine rings is 1. The van der Waals surface area contributed by atoms with Gasteiger partial charge in [0.25, 0.3) is 5.69 Å². The molecule has 0 fully saturated rings. The topological polar surface area (TPSA) is 82.0 Å². The van der Waals surface area contributed by atoms with Crippen molar-refractivity contribution in [1.82, 2.24) is 4.98 Å². The Labute approximate surface area is 79.7 Å². The number of hydrogen-bond donors (Lipinski definition) is 1. The molecule has 2 N–H and O–H groups in total. The van der Waals surface area contributed by atoms with Gasteiger partial charge in [-0.1, -0.05) is 11.6 Å². The monoisotopic (exact) mass is 201 g/mol. The summed E-state index contributed by atoms with van der Waals surface area (Å²) in [4.78, 5) is 13.8. The quantitative estimate of drug-likeness (QED) is 0.583. The summed E-state index contributed by atoms with van der Waals surface area (Å²) in [5.41, 5.74) is 5.60. The van der Waals surface area contributed by atoms with E-state index in [-0.39, 0.29) is 16.4 Å². The highest BCUT2D eigenvalue weighted by Gasteiger charge is 2.18. The van der Waals surface area contributed by atoms with E-state index >= 15 is 0 Å². The van der Waals surface area contributed by atoms with Crippen molar-refractivity contribution in [3.05, 3.63) is 33.1 Å². The molecule has 5 nitrogen and oxygen atoms in total. The molecule has 1 heterocycles. The van der Waals surface area contributed by atoms with Gasteiger partial charge in [0.1, 0.15) is 5.69 Å². The molecule has 1 aromatic rings. The predicted octanol–water partition coefficient (Wildman–Crippen LogP) is 1.66. The number of nitro groups is 1. The van der Waals surface area contributed by atoms with Crippen LogP contribution in [-0.4, -0.2) is 9.91 Å². The van der Waals surface area contributed by atoms with Gasteiger partial charge in [0.05, 0.1) is 16.0 Å². The van der Waals surface area contributed by atoms with E-state index in [9.17, 15) is 10.1 Å². The number of hydrogen-bond acceptors (Lipinski definition) is 4. The number of nitrogens with zero attached hydrogens (tertiary/aromatic N) is 2. The molecule has 0 aromatic carbocycles. The van der Waals surface area contributed by atoms with Crippen molar-refractivity contribution in [2.75, 3.05) is 0 Å². The van der Waals surface area contributed by atoms with Crippen LogP contribution in [0, 0.1) is 10.1 Å². The Morgan fingerprint density at radius 2 is 2.38 bits per heavy atom. The third kappa shape index (κ3) is 2.13. The maximum atomic E-state index is 10.5. The highest BCUT2D eigenvalue weighted by Crippen LogP contribution is 2.24. The van der Waals surface area contributed by atoms with Crippen LogP contribution in [0.25, 0.3) is 0 Å². The molecule has 0 saturated carbocycles. The van der Waals surface area contributed by atoms with Crippen LogP contribution in [0.5, 0.6) is 0 Å². The second-order valence-corrected chi connectivity index (χ2v) is 3.04. The van der Waals surface area contributed by atoms with E-state index < -0.39 is 11.0 Å². The van der Waals surface area contributed by atoms with Crippen LogP contribution in [-0.2, 0) is 0 Å². The van der Waals surface area contributed by atoms with E-state index in [4.69, 9.17) is 17.3 Å². The molecule has 6 heteroatoms. The van der Waals surface area contributed by atoms with E-state index in [2.05, 4.69) is 4.98 Å².